The van der Waals surface area contributed by atoms with Gasteiger partial charge in [-0.05, 0) is 102 Å². The molecule has 6 atom stereocenters. The van der Waals surface area contributed by atoms with E-state index in [1.807, 2.05) is 39.3 Å². The fraction of sp³-hybridized carbons (Fsp3) is 0.543. The summed E-state index contributed by atoms with van der Waals surface area (Å²) in [5.74, 6) is 9.07. The highest BCUT2D eigenvalue weighted by atomic mass is 35.5. The average Bonchev–Trinajstić information content (AvgIpc) is 3.54. The molecule has 0 aromatic heterocycles. The van der Waals surface area contributed by atoms with Gasteiger partial charge in [0.1, 0.15) is 36.5 Å². The number of amides is 1. The van der Waals surface area contributed by atoms with Crippen LogP contribution in [-0.2, 0) is 53.5 Å². The van der Waals surface area contributed by atoms with Gasteiger partial charge in [-0.2, -0.15) is 0 Å². The minimum atomic E-state index is -2.71. The third-order valence-corrected chi connectivity index (χ3v) is 11.6. The molecule has 0 fully saturated rings. The lowest BCUT2D eigenvalue weighted by atomic mass is 9.88. The number of aldehydes is 1. The van der Waals surface area contributed by atoms with E-state index in [2.05, 4.69) is 23.1 Å². The van der Waals surface area contributed by atoms with Crippen molar-refractivity contribution in [2.75, 3.05) is 41.5 Å². The smallest absolute Gasteiger partial charge is 0.408 e. The second kappa shape index (κ2) is 22.2. The van der Waals surface area contributed by atoms with Crippen LogP contribution in [0.25, 0.3) is 0 Å². The number of alkyl carbamates (subject to hydrolysis) is 1. The first-order valence-corrected chi connectivity index (χ1v) is 27.9. The van der Waals surface area contributed by atoms with E-state index >= 15 is 0 Å². The summed E-state index contributed by atoms with van der Waals surface area (Å²) in [5.41, 5.74) is -3.06. The molecule has 0 saturated heterocycles. The Morgan fingerprint density at radius 1 is 1.02 bits per heavy atom. The minimum absolute atomic E-state index is 0.0109. The summed E-state index contributed by atoms with van der Waals surface area (Å²) < 4.78 is 66.5. The van der Waals surface area contributed by atoms with Crippen molar-refractivity contribution in [3.8, 4) is 41.4 Å². The summed E-state index contributed by atoms with van der Waals surface area (Å²) in [7, 11) is -0.818. The second-order valence-corrected chi connectivity index (χ2v) is 27.4. The highest BCUT2D eigenvalue weighted by Gasteiger charge is 2.53. The Kier molecular flexibility index (Phi) is 18.1. The normalized spacial score (nSPS) is 24.1. The Hall–Kier alpha value is -4.41. The standard InChI is InChI=1S/C46H62ClNO14Si2/c1-14-39-46(62-64(11,12)13)25-35(57-29-52-5)23-33(46)19-20-45(28-49,61-63(8,9)10)40(55-26-31-15-17-34(54-7)18-16-31)27-56-41(50)24-37(48-43(51)60-44(2,3)4)32-21-36(47)42(59-39)38(22-32)58-30-53-6/h1,15-18,21-23,28,35,37,39-40H,24-27,29-30H2,2-13H3,(H,48,51)/t35?,37-,39-,40+,45?,46-/m1/s1. The molecule has 1 amide bonds. The molecule has 2 bridgehead atoms. The monoisotopic (exact) mass is 943 g/mol. The first kappa shape index (κ1) is 52.2. The number of benzene rings is 2. The van der Waals surface area contributed by atoms with Crippen LogP contribution < -0.4 is 19.5 Å². The van der Waals surface area contributed by atoms with Crippen LogP contribution in [0.4, 0.5) is 4.79 Å². The third-order valence-electron chi connectivity index (χ3n) is 9.37. The van der Waals surface area contributed by atoms with Gasteiger partial charge in [0.15, 0.2) is 47.3 Å². The molecule has 5 rings (SSSR count). The fourth-order valence-corrected chi connectivity index (χ4v) is 9.85. The van der Waals surface area contributed by atoms with Crippen LogP contribution in [-0.4, -0.2) is 112 Å². The van der Waals surface area contributed by atoms with E-state index < -0.39 is 82.9 Å². The maximum atomic E-state index is 14.0. The number of methoxy groups -OCH3 is 3. The lowest BCUT2D eigenvalue weighted by Gasteiger charge is -2.41. The van der Waals surface area contributed by atoms with E-state index in [1.54, 1.807) is 64.3 Å². The molecule has 15 nitrogen and oxygen atoms in total. The van der Waals surface area contributed by atoms with Crippen LogP contribution in [0.2, 0.25) is 44.3 Å². The number of halogens is 1. The Morgan fingerprint density at radius 2 is 1.69 bits per heavy atom. The number of fused-ring (bicyclic) bond motifs is 10. The zero-order valence-corrected chi connectivity index (χ0v) is 41.6. The van der Waals surface area contributed by atoms with E-state index in [0.717, 1.165) is 5.56 Å². The van der Waals surface area contributed by atoms with Gasteiger partial charge >= 0.3 is 12.1 Å². The van der Waals surface area contributed by atoms with E-state index in [9.17, 15) is 14.4 Å². The molecule has 2 aromatic rings. The van der Waals surface area contributed by atoms with Gasteiger partial charge in [-0.25, -0.2) is 4.79 Å². The quantitative estimate of drug-likeness (QED) is 0.0578. The van der Waals surface area contributed by atoms with Gasteiger partial charge in [0.05, 0.1) is 37.3 Å². The number of carbonyl (C=O) groups excluding carboxylic acids is 3. The van der Waals surface area contributed by atoms with Crippen molar-refractivity contribution in [1.82, 2.24) is 5.32 Å². The lowest BCUT2D eigenvalue weighted by molar-refractivity contribution is -0.158. The molecule has 64 heavy (non-hydrogen) atoms. The van der Waals surface area contributed by atoms with Gasteiger partial charge in [-0.15, -0.1) is 6.42 Å². The summed E-state index contributed by atoms with van der Waals surface area (Å²) in [5, 5.41) is 2.78. The summed E-state index contributed by atoms with van der Waals surface area (Å²) in [6.45, 7) is 15.9. The number of ether oxygens (including phenoxy) is 9. The fourth-order valence-electron chi connectivity index (χ4n) is 6.95. The van der Waals surface area contributed by atoms with Crippen LogP contribution in [0.15, 0.2) is 48.0 Å². The summed E-state index contributed by atoms with van der Waals surface area (Å²) in [6.07, 6.45) is 4.37. The Bertz CT molecular complexity index is 2080. The number of terminal acetylenes is 1. The van der Waals surface area contributed by atoms with Gasteiger partial charge in [0, 0.05) is 26.2 Å². The van der Waals surface area contributed by atoms with Crippen LogP contribution >= 0.6 is 11.6 Å². The van der Waals surface area contributed by atoms with Crippen molar-refractivity contribution in [3.63, 3.8) is 0 Å². The molecule has 350 valence electrons. The molecular weight excluding hydrogens is 882 g/mol. The molecule has 2 aromatic carbocycles. The molecule has 0 radical (unpaired) electrons. The van der Waals surface area contributed by atoms with Crippen molar-refractivity contribution in [2.45, 2.75) is 121 Å². The maximum absolute atomic E-state index is 14.0. The Morgan fingerprint density at radius 3 is 2.27 bits per heavy atom. The predicted molar refractivity (Wildman–Crippen MR) is 244 cm³/mol. The van der Waals surface area contributed by atoms with Gasteiger partial charge in [-0.1, -0.05) is 41.5 Å². The number of nitrogens with one attached hydrogen (secondary N) is 1. The van der Waals surface area contributed by atoms with Crippen molar-refractivity contribution in [2.24, 2.45) is 0 Å². The number of esters is 1. The number of carbonyl (C=O) groups is 3. The highest BCUT2D eigenvalue weighted by molar-refractivity contribution is 6.70. The summed E-state index contributed by atoms with van der Waals surface area (Å²) >= 11 is 7.06. The largest absolute Gasteiger partial charge is 0.497 e. The molecule has 1 aliphatic carbocycles. The van der Waals surface area contributed by atoms with Gasteiger partial charge < -0.3 is 56.8 Å². The number of rotatable bonds is 16. The van der Waals surface area contributed by atoms with Crippen molar-refractivity contribution in [1.29, 1.82) is 0 Å². The molecule has 1 N–H and O–H groups in total. The molecule has 2 unspecified atom stereocenters. The lowest BCUT2D eigenvalue weighted by Crippen LogP contribution is -2.55. The van der Waals surface area contributed by atoms with E-state index in [1.165, 1.54) is 20.3 Å². The molecule has 2 heterocycles. The third kappa shape index (κ3) is 14.6. The zero-order chi connectivity index (χ0) is 47.5. The molecule has 0 saturated carbocycles. The van der Waals surface area contributed by atoms with Gasteiger partial charge in [0.25, 0.3) is 0 Å². The van der Waals surface area contributed by atoms with Crippen LogP contribution in [0.3, 0.4) is 0 Å². The minimum Gasteiger partial charge on any atom is -0.497 e. The maximum Gasteiger partial charge on any atom is 0.408 e. The molecule has 2 aliphatic heterocycles. The summed E-state index contributed by atoms with van der Waals surface area (Å²) in [6, 6.07) is 9.10. The van der Waals surface area contributed by atoms with Crippen LogP contribution in [0, 0.1) is 24.2 Å². The molecule has 18 heteroatoms. The topological polar surface area (TPSA) is 165 Å². The van der Waals surface area contributed by atoms with Crippen molar-refractivity contribution in [3.05, 3.63) is 64.2 Å². The van der Waals surface area contributed by atoms with Gasteiger partial charge in [0.2, 0.25) is 5.60 Å². The van der Waals surface area contributed by atoms with E-state index in [4.69, 9.17) is 69.5 Å². The summed E-state index contributed by atoms with van der Waals surface area (Å²) in [4.78, 5) is 41.2. The zero-order valence-electron chi connectivity index (χ0n) is 38.8. The predicted octanol–water partition coefficient (Wildman–Crippen LogP) is 7.51. The van der Waals surface area contributed by atoms with E-state index in [0.29, 0.717) is 23.2 Å². The number of hydrogen-bond acceptors (Lipinski definition) is 14. The SMILES string of the molecule is C#C[C@H]1Oc2c(Cl)cc(cc2OCOC)[C@H](NC(=O)OC(C)(C)C)CC(=O)OC[C@H](OCc2ccc(OC)cc2)C(C=O)(O[Si](C)(C)C)C#CC2=CC(OCOC)C[C@@]21O[Si](C)(C)C. The molecule has 3 aliphatic rings. The average molecular weight is 945 g/mol. The first-order valence-electron chi connectivity index (χ1n) is 20.7. The Balaban J connectivity index is 2.06. The first-order chi connectivity index (χ1) is 30.0. The molecule has 0 spiro atoms. The van der Waals surface area contributed by atoms with E-state index in [-0.39, 0.29) is 43.1 Å². The second-order valence-electron chi connectivity index (χ2n) is 18.2. The van der Waals surface area contributed by atoms with Gasteiger partial charge in [-0.3, -0.25) is 9.59 Å². The van der Waals surface area contributed by atoms with Crippen LogP contribution in [0.1, 0.15) is 50.8 Å². The van der Waals surface area contributed by atoms with Crippen LogP contribution in [0.5, 0.6) is 17.2 Å². The van der Waals surface area contributed by atoms with Crippen molar-refractivity contribution >= 4 is 46.6 Å². The Labute approximate surface area is 384 Å². The van der Waals surface area contributed by atoms with Crippen molar-refractivity contribution < 1.29 is 65.9 Å². The number of hydrogen-bond donors (Lipinski definition) is 1. The highest BCUT2D eigenvalue weighted by Crippen LogP contribution is 2.46. The molecular formula is C46H62ClNO14Si2.